The average Bonchev–Trinajstić information content (AvgIpc) is 2.48. The predicted molar refractivity (Wildman–Crippen MR) is 72.9 cm³/mol. The summed E-state index contributed by atoms with van der Waals surface area (Å²) >= 11 is 0. The summed E-state index contributed by atoms with van der Waals surface area (Å²) in [5.41, 5.74) is 0.517. The van der Waals surface area contributed by atoms with Crippen molar-refractivity contribution in [1.29, 1.82) is 0 Å². The van der Waals surface area contributed by atoms with E-state index >= 15 is 0 Å². The average molecular weight is 247 g/mol. The third-order valence-corrected chi connectivity index (χ3v) is 3.72. The second-order valence-electron chi connectivity index (χ2n) is 5.50. The zero-order chi connectivity index (χ0) is 13.6. The van der Waals surface area contributed by atoms with Gasteiger partial charge >= 0.3 is 7.12 Å². The van der Waals surface area contributed by atoms with Crippen LogP contribution in [0, 0.1) is 0 Å². The molecule has 0 saturated carbocycles. The van der Waals surface area contributed by atoms with E-state index in [1.165, 1.54) is 6.07 Å². The minimum absolute atomic E-state index is 0.176. The second-order valence-corrected chi connectivity index (χ2v) is 5.50. The van der Waals surface area contributed by atoms with Gasteiger partial charge in [0.05, 0.1) is 11.2 Å². The fourth-order valence-electron chi connectivity index (χ4n) is 1.85. The quantitative estimate of drug-likeness (QED) is 0.802. The SMILES string of the molecule is C=Cc1c[nH]c(=O)cc1B1OC(C)(C)C(C)(C)O1. The van der Waals surface area contributed by atoms with Crippen LogP contribution in [0.3, 0.4) is 0 Å². The Hall–Kier alpha value is -1.33. The third kappa shape index (κ3) is 2.04. The van der Waals surface area contributed by atoms with Crippen LogP contribution in [0.15, 0.2) is 23.6 Å². The van der Waals surface area contributed by atoms with Crippen molar-refractivity contribution in [3.8, 4) is 0 Å². The number of aromatic amines is 1. The first-order valence-electron chi connectivity index (χ1n) is 5.97. The van der Waals surface area contributed by atoms with Crippen molar-refractivity contribution < 1.29 is 9.31 Å². The van der Waals surface area contributed by atoms with Gasteiger partial charge in [0.25, 0.3) is 0 Å². The minimum Gasteiger partial charge on any atom is -0.399 e. The lowest BCUT2D eigenvalue weighted by Gasteiger charge is -2.32. The van der Waals surface area contributed by atoms with Gasteiger partial charge in [0.2, 0.25) is 5.56 Å². The van der Waals surface area contributed by atoms with E-state index in [9.17, 15) is 4.79 Å². The second kappa shape index (κ2) is 4.11. The Balaban J connectivity index is 2.43. The molecule has 1 aromatic rings. The van der Waals surface area contributed by atoms with Crippen LogP contribution in [0.25, 0.3) is 6.08 Å². The van der Waals surface area contributed by atoms with Crippen LogP contribution in [-0.2, 0) is 9.31 Å². The molecule has 0 radical (unpaired) electrons. The Kier molecular flexibility index (Phi) is 2.99. The summed E-state index contributed by atoms with van der Waals surface area (Å²) in [6.07, 6.45) is 3.30. The summed E-state index contributed by atoms with van der Waals surface area (Å²) in [4.78, 5) is 14.1. The lowest BCUT2D eigenvalue weighted by molar-refractivity contribution is 0.00578. The van der Waals surface area contributed by atoms with Crippen molar-refractivity contribution in [3.05, 3.63) is 34.8 Å². The van der Waals surface area contributed by atoms with Crippen LogP contribution in [0.5, 0.6) is 0 Å². The highest BCUT2D eigenvalue weighted by Gasteiger charge is 2.52. The van der Waals surface area contributed by atoms with Gasteiger partial charge in [-0.2, -0.15) is 0 Å². The number of aromatic nitrogens is 1. The molecule has 1 aromatic heterocycles. The number of hydrogen-bond acceptors (Lipinski definition) is 3. The molecule has 2 rings (SSSR count). The van der Waals surface area contributed by atoms with Crippen molar-refractivity contribution in [2.24, 2.45) is 0 Å². The molecule has 5 heteroatoms. The molecule has 0 bridgehead atoms. The largest absolute Gasteiger partial charge is 0.495 e. The van der Waals surface area contributed by atoms with Gasteiger partial charge in [0.15, 0.2) is 0 Å². The van der Waals surface area contributed by atoms with Gasteiger partial charge in [-0.1, -0.05) is 12.7 Å². The molecule has 0 unspecified atom stereocenters. The van der Waals surface area contributed by atoms with Gasteiger partial charge in [-0.3, -0.25) is 4.79 Å². The highest BCUT2D eigenvalue weighted by atomic mass is 16.7. The lowest BCUT2D eigenvalue weighted by atomic mass is 9.76. The fraction of sp³-hybridized carbons (Fsp3) is 0.462. The van der Waals surface area contributed by atoms with E-state index in [1.807, 2.05) is 27.7 Å². The van der Waals surface area contributed by atoms with E-state index < -0.39 is 18.3 Å². The predicted octanol–water partition coefficient (Wildman–Crippen LogP) is 1.32. The van der Waals surface area contributed by atoms with Crippen molar-refractivity contribution in [1.82, 2.24) is 4.98 Å². The molecule has 4 nitrogen and oxygen atoms in total. The molecular formula is C13H18BNO3. The normalized spacial score (nSPS) is 21.0. The van der Waals surface area contributed by atoms with Gasteiger partial charge in [-0.25, -0.2) is 0 Å². The van der Waals surface area contributed by atoms with Crippen LogP contribution in [0.4, 0.5) is 0 Å². The molecule has 0 atom stereocenters. The van der Waals surface area contributed by atoms with E-state index in [1.54, 1.807) is 12.3 Å². The number of rotatable bonds is 2. The van der Waals surface area contributed by atoms with E-state index in [0.717, 1.165) is 5.56 Å². The first kappa shape index (κ1) is 13.1. The van der Waals surface area contributed by atoms with Crippen LogP contribution in [-0.4, -0.2) is 23.3 Å². The zero-order valence-corrected chi connectivity index (χ0v) is 11.2. The number of H-pyrrole nitrogens is 1. The van der Waals surface area contributed by atoms with Crippen LogP contribution < -0.4 is 11.0 Å². The van der Waals surface area contributed by atoms with Gasteiger partial charge < -0.3 is 14.3 Å². The first-order valence-corrected chi connectivity index (χ1v) is 5.97. The summed E-state index contributed by atoms with van der Waals surface area (Å²) in [7, 11) is -0.537. The molecule has 0 aliphatic carbocycles. The van der Waals surface area contributed by atoms with E-state index in [4.69, 9.17) is 9.31 Å². The molecule has 2 heterocycles. The Morgan fingerprint density at radius 3 is 2.33 bits per heavy atom. The van der Waals surface area contributed by atoms with Crippen molar-refractivity contribution in [3.63, 3.8) is 0 Å². The maximum atomic E-state index is 11.4. The summed E-state index contributed by atoms with van der Waals surface area (Å²) in [6.45, 7) is 11.7. The van der Waals surface area contributed by atoms with E-state index in [-0.39, 0.29) is 5.56 Å². The molecular weight excluding hydrogens is 229 g/mol. The topological polar surface area (TPSA) is 51.3 Å². The van der Waals surface area contributed by atoms with Gasteiger partial charge in [0.1, 0.15) is 0 Å². The highest BCUT2D eigenvalue weighted by Crippen LogP contribution is 2.36. The molecule has 1 saturated heterocycles. The monoisotopic (exact) mass is 247 g/mol. The number of pyridine rings is 1. The Morgan fingerprint density at radius 2 is 1.83 bits per heavy atom. The molecule has 1 aliphatic heterocycles. The van der Waals surface area contributed by atoms with Crippen LogP contribution >= 0.6 is 0 Å². The molecule has 1 N–H and O–H groups in total. The van der Waals surface area contributed by atoms with Crippen LogP contribution in [0.2, 0.25) is 0 Å². The molecule has 1 aliphatic rings. The van der Waals surface area contributed by atoms with E-state index in [2.05, 4.69) is 11.6 Å². The number of hydrogen-bond donors (Lipinski definition) is 1. The van der Waals surface area contributed by atoms with Crippen LogP contribution in [0.1, 0.15) is 33.3 Å². The molecule has 18 heavy (non-hydrogen) atoms. The highest BCUT2D eigenvalue weighted by molar-refractivity contribution is 6.63. The van der Waals surface area contributed by atoms with Crippen molar-refractivity contribution in [2.75, 3.05) is 0 Å². The van der Waals surface area contributed by atoms with Gasteiger partial charge in [-0.05, 0) is 38.7 Å². The lowest BCUT2D eigenvalue weighted by Crippen LogP contribution is -2.41. The van der Waals surface area contributed by atoms with Gasteiger partial charge in [0, 0.05) is 12.3 Å². The maximum Gasteiger partial charge on any atom is 0.495 e. The molecule has 1 fully saturated rings. The Labute approximate surface area is 107 Å². The smallest absolute Gasteiger partial charge is 0.399 e. The molecule has 0 amide bonds. The zero-order valence-electron chi connectivity index (χ0n) is 11.2. The fourth-order valence-corrected chi connectivity index (χ4v) is 1.85. The summed E-state index contributed by atoms with van der Waals surface area (Å²) in [6, 6.07) is 1.50. The Morgan fingerprint density at radius 1 is 1.28 bits per heavy atom. The molecule has 0 aromatic carbocycles. The Bertz CT molecular complexity index is 517. The van der Waals surface area contributed by atoms with Gasteiger partial charge in [-0.15, -0.1) is 0 Å². The molecule has 0 spiro atoms. The summed E-state index contributed by atoms with van der Waals surface area (Å²) in [5.74, 6) is 0. The van der Waals surface area contributed by atoms with E-state index in [0.29, 0.717) is 5.46 Å². The third-order valence-electron chi connectivity index (χ3n) is 3.72. The summed E-state index contributed by atoms with van der Waals surface area (Å²) in [5, 5.41) is 0. The first-order chi connectivity index (χ1) is 8.27. The molecule has 96 valence electrons. The number of nitrogens with one attached hydrogen (secondary N) is 1. The summed E-state index contributed by atoms with van der Waals surface area (Å²) < 4.78 is 11.8. The van der Waals surface area contributed by atoms with Crippen molar-refractivity contribution in [2.45, 2.75) is 38.9 Å². The van der Waals surface area contributed by atoms with Crippen molar-refractivity contribution >= 4 is 18.7 Å². The minimum atomic E-state index is -0.537. The maximum absolute atomic E-state index is 11.4. The standard InChI is InChI=1S/C13H18BNO3/c1-6-9-8-15-11(16)7-10(9)14-17-12(2,3)13(4,5)18-14/h6-8H,1H2,2-5H3,(H,15,16).